The molecule has 36 heavy (non-hydrogen) atoms. The number of benzene rings is 3. The van der Waals surface area contributed by atoms with E-state index in [9.17, 15) is 4.79 Å². The number of rotatable bonds is 9. The van der Waals surface area contributed by atoms with Crippen molar-refractivity contribution in [1.29, 1.82) is 0 Å². The summed E-state index contributed by atoms with van der Waals surface area (Å²) in [6, 6.07) is 17.6. The van der Waals surface area contributed by atoms with Gasteiger partial charge in [0.25, 0.3) is 0 Å². The minimum Gasteiger partial charge on any atom is -0.497 e. The van der Waals surface area contributed by atoms with Crippen LogP contribution < -0.4 is 19.5 Å². The highest BCUT2D eigenvalue weighted by atomic mass is 16.5. The molecule has 0 aliphatic rings. The second-order valence-corrected chi connectivity index (χ2v) is 8.52. The number of furan rings is 1. The van der Waals surface area contributed by atoms with Crippen molar-refractivity contribution in [2.24, 2.45) is 0 Å². The Labute approximate surface area is 211 Å². The van der Waals surface area contributed by atoms with Gasteiger partial charge in [-0.1, -0.05) is 29.8 Å². The third-order valence-corrected chi connectivity index (χ3v) is 6.03. The van der Waals surface area contributed by atoms with E-state index < -0.39 is 0 Å². The van der Waals surface area contributed by atoms with Gasteiger partial charge in [0.2, 0.25) is 5.91 Å². The zero-order valence-electron chi connectivity index (χ0n) is 21.3. The van der Waals surface area contributed by atoms with Gasteiger partial charge in [0.1, 0.15) is 22.8 Å². The first kappa shape index (κ1) is 24.9. The average molecular weight is 486 g/mol. The summed E-state index contributed by atoms with van der Waals surface area (Å²) in [5.41, 5.74) is 6.23. The molecule has 1 heterocycles. The number of carbonyl (C=O) groups is 1. The van der Waals surface area contributed by atoms with Crippen molar-refractivity contribution in [3.8, 4) is 28.4 Å². The SMILES string of the molecule is CCOc1cc2occ(-c3cc(OC)ccc3OC)c2cc1/C(C)=C/C(=O)NCc1ccc(C)cc1. The minimum atomic E-state index is -0.169. The summed E-state index contributed by atoms with van der Waals surface area (Å²) in [4.78, 5) is 12.7. The highest BCUT2D eigenvalue weighted by Gasteiger charge is 2.18. The van der Waals surface area contributed by atoms with Crippen molar-refractivity contribution in [2.75, 3.05) is 20.8 Å². The summed E-state index contributed by atoms with van der Waals surface area (Å²) < 4.78 is 22.8. The molecule has 0 bridgehead atoms. The fraction of sp³-hybridized carbons (Fsp3) is 0.233. The largest absolute Gasteiger partial charge is 0.497 e. The summed E-state index contributed by atoms with van der Waals surface area (Å²) in [6.07, 6.45) is 3.30. The number of aryl methyl sites for hydroxylation is 1. The molecule has 186 valence electrons. The number of carbonyl (C=O) groups excluding carboxylic acids is 1. The molecule has 4 aromatic rings. The fourth-order valence-electron chi connectivity index (χ4n) is 4.09. The molecular weight excluding hydrogens is 454 g/mol. The molecular formula is C30H31NO5. The second-order valence-electron chi connectivity index (χ2n) is 8.52. The molecule has 0 spiro atoms. The van der Waals surface area contributed by atoms with E-state index in [0.29, 0.717) is 36.0 Å². The van der Waals surface area contributed by atoms with Crippen LogP contribution in [0.5, 0.6) is 17.2 Å². The van der Waals surface area contributed by atoms with Crippen molar-refractivity contribution in [3.63, 3.8) is 0 Å². The topological polar surface area (TPSA) is 69.9 Å². The molecule has 1 amide bonds. The van der Waals surface area contributed by atoms with Crippen molar-refractivity contribution in [3.05, 3.63) is 83.6 Å². The molecule has 0 radical (unpaired) electrons. The van der Waals surface area contributed by atoms with Crippen LogP contribution in [0, 0.1) is 6.92 Å². The summed E-state index contributed by atoms with van der Waals surface area (Å²) in [5, 5.41) is 3.84. The molecule has 1 N–H and O–H groups in total. The van der Waals surface area contributed by atoms with Gasteiger partial charge < -0.3 is 23.9 Å². The fourth-order valence-corrected chi connectivity index (χ4v) is 4.09. The maximum Gasteiger partial charge on any atom is 0.244 e. The van der Waals surface area contributed by atoms with E-state index in [2.05, 4.69) is 5.32 Å². The normalized spacial score (nSPS) is 11.4. The first-order chi connectivity index (χ1) is 17.4. The van der Waals surface area contributed by atoms with Crippen LogP contribution in [0.4, 0.5) is 0 Å². The first-order valence-corrected chi connectivity index (χ1v) is 11.9. The van der Waals surface area contributed by atoms with Gasteiger partial charge in [-0.25, -0.2) is 0 Å². The molecule has 6 nitrogen and oxygen atoms in total. The number of ether oxygens (including phenoxy) is 3. The number of fused-ring (bicyclic) bond motifs is 1. The van der Waals surface area contributed by atoms with Crippen LogP contribution in [0.25, 0.3) is 27.7 Å². The predicted molar refractivity (Wildman–Crippen MR) is 143 cm³/mol. The van der Waals surface area contributed by atoms with Crippen molar-refractivity contribution in [1.82, 2.24) is 5.32 Å². The molecule has 0 aliphatic carbocycles. The van der Waals surface area contributed by atoms with Gasteiger partial charge in [-0.05, 0) is 56.2 Å². The molecule has 0 saturated carbocycles. The minimum absolute atomic E-state index is 0.169. The molecule has 0 atom stereocenters. The zero-order chi connectivity index (χ0) is 25.7. The van der Waals surface area contributed by atoms with Gasteiger partial charge in [-0.3, -0.25) is 4.79 Å². The Hall–Kier alpha value is -4.19. The Kier molecular flexibility index (Phi) is 7.64. The lowest BCUT2D eigenvalue weighted by molar-refractivity contribution is -0.116. The molecule has 0 fully saturated rings. The monoisotopic (exact) mass is 485 g/mol. The number of hydrogen-bond donors (Lipinski definition) is 1. The number of amides is 1. The van der Waals surface area contributed by atoms with E-state index in [1.165, 1.54) is 5.56 Å². The highest BCUT2D eigenvalue weighted by molar-refractivity contribution is 6.01. The Bertz CT molecular complexity index is 1400. The lowest BCUT2D eigenvalue weighted by atomic mass is 9.98. The molecule has 3 aromatic carbocycles. The summed E-state index contributed by atoms with van der Waals surface area (Å²) in [5.74, 6) is 1.91. The van der Waals surface area contributed by atoms with Crippen LogP contribution in [0.15, 0.2) is 71.4 Å². The van der Waals surface area contributed by atoms with Gasteiger partial charge in [0, 0.05) is 40.8 Å². The van der Waals surface area contributed by atoms with Gasteiger partial charge in [-0.2, -0.15) is 0 Å². The predicted octanol–water partition coefficient (Wildman–Crippen LogP) is 6.54. The van der Waals surface area contributed by atoms with Gasteiger partial charge in [0.15, 0.2) is 0 Å². The van der Waals surface area contributed by atoms with E-state index >= 15 is 0 Å². The summed E-state index contributed by atoms with van der Waals surface area (Å²) >= 11 is 0. The second kappa shape index (κ2) is 11.0. The van der Waals surface area contributed by atoms with Crippen molar-refractivity contribution >= 4 is 22.4 Å². The van der Waals surface area contributed by atoms with Gasteiger partial charge in [0.05, 0.1) is 27.1 Å². The Morgan fingerprint density at radius 2 is 1.75 bits per heavy atom. The van der Waals surface area contributed by atoms with Gasteiger partial charge >= 0.3 is 0 Å². The average Bonchev–Trinajstić information content (AvgIpc) is 3.30. The van der Waals surface area contributed by atoms with E-state index in [-0.39, 0.29) is 5.91 Å². The van der Waals surface area contributed by atoms with Crippen LogP contribution >= 0.6 is 0 Å². The van der Waals surface area contributed by atoms with Crippen LogP contribution in [0.3, 0.4) is 0 Å². The standard InChI is InChI=1S/C30H31NO5/c1-6-35-28-16-29-25(26(18-36-29)24-14-22(33-4)11-12-27(24)34-5)15-23(28)20(3)13-30(32)31-17-21-9-7-19(2)8-10-21/h7-16,18H,6,17H2,1-5H3,(H,31,32)/b20-13+. The highest BCUT2D eigenvalue weighted by Crippen LogP contribution is 2.41. The van der Waals surface area contributed by atoms with Crippen molar-refractivity contribution < 1.29 is 23.4 Å². The molecule has 6 heteroatoms. The molecule has 1 aromatic heterocycles. The van der Waals surface area contributed by atoms with Crippen LogP contribution in [-0.2, 0) is 11.3 Å². The zero-order valence-corrected chi connectivity index (χ0v) is 21.3. The maximum absolute atomic E-state index is 12.7. The van der Waals surface area contributed by atoms with Gasteiger partial charge in [-0.15, -0.1) is 0 Å². The third-order valence-electron chi connectivity index (χ3n) is 6.03. The Morgan fingerprint density at radius 3 is 2.44 bits per heavy atom. The van der Waals surface area contributed by atoms with Crippen LogP contribution in [0.2, 0.25) is 0 Å². The lowest BCUT2D eigenvalue weighted by Gasteiger charge is -2.13. The first-order valence-electron chi connectivity index (χ1n) is 11.9. The Balaban J connectivity index is 1.70. The molecule has 4 rings (SSSR count). The van der Waals surface area contributed by atoms with E-state index in [1.54, 1.807) is 26.6 Å². The number of hydrogen-bond acceptors (Lipinski definition) is 5. The Morgan fingerprint density at radius 1 is 0.972 bits per heavy atom. The number of nitrogens with one attached hydrogen (secondary N) is 1. The molecule has 0 unspecified atom stereocenters. The molecule has 0 saturated heterocycles. The third kappa shape index (κ3) is 5.38. The quantitative estimate of drug-likeness (QED) is 0.273. The van der Waals surface area contributed by atoms with Crippen molar-refractivity contribution in [2.45, 2.75) is 27.3 Å². The maximum atomic E-state index is 12.7. The summed E-state index contributed by atoms with van der Waals surface area (Å²) in [7, 11) is 3.26. The van der Waals surface area contributed by atoms with Crippen LogP contribution in [0.1, 0.15) is 30.5 Å². The summed E-state index contributed by atoms with van der Waals surface area (Å²) in [6.45, 7) is 6.82. The number of allylic oxidation sites excluding steroid dienone is 1. The number of methoxy groups -OCH3 is 2. The van der Waals surface area contributed by atoms with E-state index in [4.69, 9.17) is 18.6 Å². The van der Waals surface area contributed by atoms with E-state index in [0.717, 1.165) is 33.2 Å². The molecule has 0 aliphatic heterocycles. The smallest absolute Gasteiger partial charge is 0.244 e. The van der Waals surface area contributed by atoms with E-state index in [1.807, 2.05) is 75.4 Å². The van der Waals surface area contributed by atoms with Crippen LogP contribution in [-0.4, -0.2) is 26.7 Å². The lowest BCUT2D eigenvalue weighted by Crippen LogP contribution is -2.20.